The molecule has 0 unspecified atom stereocenters. The lowest BCUT2D eigenvalue weighted by Crippen LogP contribution is -2.40. The van der Waals surface area contributed by atoms with Gasteiger partial charge < -0.3 is 15.1 Å². The standard InChI is InChI=1S/C13H19N3O2Si/c1-8-9(7-19-11(6-14)16(2)3)4-5-10-12(8)18-13(17)15-10/h4-5,11H,6-7,14H2,1-3H3,(H,15,17)/t11-/m0/s1. The molecule has 1 aromatic heterocycles. The number of rotatable bonds is 5. The molecule has 0 aliphatic heterocycles. The lowest BCUT2D eigenvalue weighted by Gasteiger charge is -2.22. The van der Waals surface area contributed by atoms with E-state index in [4.69, 9.17) is 10.2 Å². The molecule has 2 rings (SSSR count). The molecule has 3 N–H and O–H groups in total. The maximum atomic E-state index is 11.2. The van der Waals surface area contributed by atoms with E-state index in [2.05, 4.69) is 16.0 Å². The monoisotopic (exact) mass is 277 g/mol. The fourth-order valence-corrected chi connectivity index (χ4v) is 3.46. The minimum absolute atomic E-state index is 0.397. The van der Waals surface area contributed by atoms with Gasteiger partial charge in [0.15, 0.2) is 5.58 Å². The highest BCUT2D eigenvalue weighted by Crippen LogP contribution is 2.19. The van der Waals surface area contributed by atoms with Crippen LogP contribution >= 0.6 is 0 Å². The maximum Gasteiger partial charge on any atom is 0.417 e. The molecule has 2 radical (unpaired) electrons. The number of H-pyrrole nitrogens is 1. The summed E-state index contributed by atoms with van der Waals surface area (Å²) in [7, 11) is 4.82. The van der Waals surface area contributed by atoms with E-state index >= 15 is 0 Å². The summed E-state index contributed by atoms with van der Waals surface area (Å²) in [5.41, 5.74) is 9.85. The first-order chi connectivity index (χ1) is 9.02. The van der Waals surface area contributed by atoms with Crippen molar-refractivity contribution in [3.8, 4) is 0 Å². The number of nitrogens with zero attached hydrogens (tertiary/aromatic N) is 1. The lowest BCUT2D eigenvalue weighted by molar-refractivity contribution is 0.376. The van der Waals surface area contributed by atoms with Gasteiger partial charge in [-0.15, -0.1) is 0 Å². The molecule has 1 atom stereocenters. The van der Waals surface area contributed by atoms with Crippen molar-refractivity contribution >= 4 is 20.6 Å². The van der Waals surface area contributed by atoms with Crippen LogP contribution in [0.25, 0.3) is 11.1 Å². The molecule has 102 valence electrons. The van der Waals surface area contributed by atoms with Gasteiger partial charge in [0.25, 0.3) is 0 Å². The molecule has 5 nitrogen and oxygen atoms in total. The average Bonchev–Trinajstić information content (AvgIpc) is 2.74. The van der Waals surface area contributed by atoms with Crippen molar-refractivity contribution < 1.29 is 4.42 Å². The lowest BCUT2D eigenvalue weighted by atomic mass is 10.1. The number of aromatic amines is 1. The molecule has 6 heteroatoms. The summed E-state index contributed by atoms with van der Waals surface area (Å²) in [4.78, 5) is 16.0. The zero-order valence-electron chi connectivity index (χ0n) is 11.5. The Kier molecular flexibility index (Phi) is 4.23. The van der Waals surface area contributed by atoms with Crippen molar-refractivity contribution in [3.63, 3.8) is 0 Å². The van der Waals surface area contributed by atoms with E-state index in [1.165, 1.54) is 5.56 Å². The number of hydrogen-bond acceptors (Lipinski definition) is 4. The van der Waals surface area contributed by atoms with Gasteiger partial charge in [0.1, 0.15) is 0 Å². The van der Waals surface area contributed by atoms with Crippen molar-refractivity contribution in [1.29, 1.82) is 0 Å². The van der Waals surface area contributed by atoms with Crippen LogP contribution in [-0.4, -0.2) is 45.7 Å². The van der Waals surface area contributed by atoms with Crippen LogP contribution in [0.2, 0.25) is 0 Å². The third kappa shape index (κ3) is 2.97. The Balaban J connectivity index is 2.21. The van der Waals surface area contributed by atoms with Crippen LogP contribution in [0, 0.1) is 6.92 Å². The van der Waals surface area contributed by atoms with Gasteiger partial charge in [-0.3, -0.25) is 4.98 Å². The molecule has 0 fully saturated rings. The fourth-order valence-electron chi connectivity index (χ4n) is 2.09. The topological polar surface area (TPSA) is 75.3 Å². The second-order valence-electron chi connectivity index (χ2n) is 4.84. The van der Waals surface area contributed by atoms with E-state index in [1.54, 1.807) is 0 Å². The number of likely N-dealkylation sites (N-methyl/N-ethyl adjacent to an activating group) is 1. The van der Waals surface area contributed by atoms with Gasteiger partial charge in [0.2, 0.25) is 0 Å². The Morgan fingerprint density at radius 2 is 2.21 bits per heavy atom. The molecule has 1 heterocycles. The number of hydrogen-bond donors (Lipinski definition) is 2. The first-order valence-corrected chi connectivity index (χ1v) is 7.52. The summed E-state index contributed by atoms with van der Waals surface area (Å²) in [5, 5.41) is 0. The summed E-state index contributed by atoms with van der Waals surface area (Å²) < 4.78 is 5.18. The van der Waals surface area contributed by atoms with E-state index in [-0.39, 0.29) is 0 Å². The number of benzene rings is 1. The van der Waals surface area contributed by atoms with E-state index in [0.717, 1.165) is 26.6 Å². The van der Waals surface area contributed by atoms with Gasteiger partial charge in [-0.2, -0.15) is 0 Å². The summed E-state index contributed by atoms with van der Waals surface area (Å²) in [6.45, 7) is 2.65. The Labute approximate surface area is 114 Å². The smallest absolute Gasteiger partial charge is 0.408 e. The van der Waals surface area contributed by atoms with Gasteiger partial charge in [0.05, 0.1) is 15.0 Å². The van der Waals surface area contributed by atoms with Crippen LogP contribution in [0.1, 0.15) is 11.1 Å². The number of fused-ring (bicyclic) bond motifs is 1. The van der Waals surface area contributed by atoms with Crippen molar-refractivity contribution in [2.24, 2.45) is 5.73 Å². The number of nitrogens with two attached hydrogens (primary N) is 1. The Hall–Kier alpha value is -1.37. The van der Waals surface area contributed by atoms with Gasteiger partial charge in [-0.25, -0.2) is 4.79 Å². The molecule has 0 spiro atoms. The third-order valence-corrected chi connectivity index (χ3v) is 5.13. The normalized spacial score (nSPS) is 13.3. The first-order valence-electron chi connectivity index (χ1n) is 6.24. The highest BCUT2D eigenvalue weighted by molar-refractivity contribution is 6.37. The predicted octanol–water partition coefficient (Wildman–Crippen LogP) is 0.480. The number of aryl methyl sites for hydroxylation is 1. The van der Waals surface area contributed by atoms with E-state index in [9.17, 15) is 4.79 Å². The highest BCUT2D eigenvalue weighted by atomic mass is 28.2. The van der Waals surface area contributed by atoms with E-state index in [0.29, 0.717) is 17.8 Å². The van der Waals surface area contributed by atoms with Crippen LogP contribution < -0.4 is 11.5 Å². The molecule has 1 aromatic carbocycles. The Morgan fingerprint density at radius 1 is 1.47 bits per heavy atom. The molecule has 0 bridgehead atoms. The SMILES string of the molecule is Cc1c(C[Si][C@@H](CN)N(C)C)ccc2[nH]c(=O)oc12. The molecule has 0 saturated carbocycles. The molecule has 0 aliphatic rings. The summed E-state index contributed by atoms with van der Waals surface area (Å²) in [6, 6.07) is 4.91. The van der Waals surface area contributed by atoms with Gasteiger partial charge in [-0.1, -0.05) is 6.07 Å². The van der Waals surface area contributed by atoms with Crippen LogP contribution in [-0.2, 0) is 6.04 Å². The van der Waals surface area contributed by atoms with Crippen molar-refractivity contribution in [1.82, 2.24) is 9.88 Å². The molecule has 2 aromatic rings. The quantitative estimate of drug-likeness (QED) is 0.780. The minimum Gasteiger partial charge on any atom is -0.408 e. The van der Waals surface area contributed by atoms with Gasteiger partial charge in [0, 0.05) is 12.2 Å². The summed E-state index contributed by atoms with van der Waals surface area (Å²) in [5.74, 6) is -0.397. The van der Waals surface area contributed by atoms with Crippen LogP contribution in [0.15, 0.2) is 21.3 Å². The zero-order chi connectivity index (χ0) is 14.0. The van der Waals surface area contributed by atoms with Crippen LogP contribution in [0.3, 0.4) is 0 Å². The van der Waals surface area contributed by atoms with Crippen molar-refractivity contribution in [2.45, 2.75) is 18.6 Å². The molecule has 0 amide bonds. The zero-order valence-corrected chi connectivity index (χ0v) is 12.5. The molecular formula is C13H19N3O2Si. The third-order valence-electron chi connectivity index (χ3n) is 3.32. The number of aromatic nitrogens is 1. The fraction of sp³-hybridized carbons (Fsp3) is 0.462. The Morgan fingerprint density at radius 3 is 2.84 bits per heavy atom. The second-order valence-corrected chi connectivity index (χ2v) is 6.27. The molecule has 0 saturated heterocycles. The predicted molar refractivity (Wildman–Crippen MR) is 77.6 cm³/mol. The number of oxazole rings is 1. The highest BCUT2D eigenvalue weighted by Gasteiger charge is 2.13. The second kappa shape index (κ2) is 5.73. The summed E-state index contributed by atoms with van der Waals surface area (Å²) >= 11 is 0. The van der Waals surface area contributed by atoms with Crippen LogP contribution in [0.4, 0.5) is 0 Å². The van der Waals surface area contributed by atoms with Gasteiger partial charge >= 0.3 is 5.76 Å². The average molecular weight is 277 g/mol. The largest absolute Gasteiger partial charge is 0.417 e. The number of nitrogens with one attached hydrogen (secondary N) is 1. The molecular weight excluding hydrogens is 258 g/mol. The Bertz CT molecular complexity index is 618. The van der Waals surface area contributed by atoms with E-state index < -0.39 is 5.76 Å². The van der Waals surface area contributed by atoms with Crippen molar-refractivity contribution in [3.05, 3.63) is 33.8 Å². The van der Waals surface area contributed by atoms with Gasteiger partial charge in [-0.05, 0) is 44.3 Å². The van der Waals surface area contributed by atoms with Crippen molar-refractivity contribution in [2.75, 3.05) is 20.6 Å². The first kappa shape index (κ1) is 14.0. The maximum absolute atomic E-state index is 11.2. The summed E-state index contributed by atoms with van der Waals surface area (Å²) in [6.07, 6.45) is 0. The minimum atomic E-state index is -0.397. The van der Waals surface area contributed by atoms with Crippen LogP contribution in [0.5, 0.6) is 0 Å². The molecule has 0 aliphatic carbocycles. The molecule has 19 heavy (non-hydrogen) atoms. The van der Waals surface area contributed by atoms with E-state index in [1.807, 2.05) is 27.1 Å².